The summed E-state index contributed by atoms with van der Waals surface area (Å²) in [6.45, 7) is 6.89. The smallest absolute Gasteiger partial charge is 0.339 e. The SMILES string of the molecule is CC(C)(C)OCCOCc1occc1C(=O)O. The molecule has 1 aromatic rings. The molecule has 0 radical (unpaired) electrons. The van der Waals surface area contributed by atoms with E-state index in [1.807, 2.05) is 20.8 Å². The van der Waals surface area contributed by atoms with E-state index in [4.69, 9.17) is 19.0 Å². The number of hydrogen-bond donors (Lipinski definition) is 1. The molecule has 0 spiro atoms. The number of carboxylic acids is 1. The summed E-state index contributed by atoms with van der Waals surface area (Å²) in [5.41, 5.74) is -0.0537. The van der Waals surface area contributed by atoms with Crippen LogP contribution in [0, 0.1) is 0 Å². The molecular weight excluding hydrogens is 224 g/mol. The van der Waals surface area contributed by atoms with Gasteiger partial charge in [-0.15, -0.1) is 0 Å². The Morgan fingerprint density at radius 1 is 1.41 bits per heavy atom. The first-order valence-electron chi connectivity index (χ1n) is 5.41. The van der Waals surface area contributed by atoms with Crippen molar-refractivity contribution in [3.8, 4) is 0 Å². The third-order valence-electron chi connectivity index (χ3n) is 1.97. The number of hydrogen-bond acceptors (Lipinski definition) is 4. The molecule has 0 aliphatic carbocycles. The van der Waals surface area contributed by atoms with Gasteiger partial charge in [-0.2, -0.15) is 0 Å². The largest absolute Gasteiger partial charge is 0.478 e. The van der Waals surface area contributed by atoms with Crippen LogP contribution in [0.15, 0.2) is 16.7 Å². The van der Waals surface area contributed by atoms with Gasteiger partial charge in [-0.25, -0.2) is 4.79 Å². The lowest BCUT2D eigenvalue weighted by molar-refractivity contribution is -0.0395. The second-order valence-corrected chi connectivity index (χ2v) is 4.58. The third kappa shape index (κ3) is 5.01. The zero-order chi connectivity index (χ0) is 12.9. The quantitative estimate of drug-likeness (QED) is 0.775. The zero-order valence-corrected chi connectivity index (χ0v) is 10.4. The lowest BCUT2D eigenvalue weighted by Crippen LogP contribution is -2.21. The first kappa shape index (κ1) is 13.7. The van der Waals surface area contributed by atoms with E-state index in [9.17, 15) is 4.79 Å². The van der Waals surface area contributed by atoms with Crippen molar-refractivity contribution in [3.63, 3.8) is 0 Å². The van der Waals surface area contributed by atoms with Crippen molar-refractivity contribution in [2.45, 2.75) is 33.0 Å². The molecule has 5 heteroatoms. The Hall–Kier alpha value is -1.33. The van der Waals surface area contributed by atoms with Gasteiger partial charge in [-0.3, -0.25) is 0 Å². The standard InChI is InChI=1S/C12H18O5/c1-12(2,3)17-7-6-15-8-10-9(11(13)14)4-5-16-10/h4-5H,6-8H2,1-3H3,(H,13,14). The summed E-state index contributed by atoms with van der Waals surface area (Å²) in [5, 5.41) is 8.82. The van der Waals surface area contributed by atoms with Crippen LogP contribution in [0.2, 0.25) is 0 Å². The van der Waals surface area contributed by atoms with E-state index < -0.39 is 5.97 Å². The van der Waals surface area contributed by atoms with Crippen LogP contribution in [0.4, 0.5) is 0 Å². The lowest BCUT2D eigenvalue weighted by atomic mass is 10.2. The van der Waals surface area contributed by atoms with Gasteiger partial charge >= 0.3 is 5.97 Å². The Labute approximate surface area is 100 Å². The van der Waals surface area contributed by atoms with E-state index in [2.05, 4.69) is 0 Å². The Morgan fingerprint density at radius 3 is 2.71 bits per heavy atom. The fourth-order valence-corrected chi connectivity index (χ4v) is 1.21. The van der Waals surface area contributed by atoms with Gasteiger partial charge in [0.25, 0.3) is 0 Å². The lowest BCUT2D eigenvalue weighted by Gasteiger charge is -2.19. The maximum atomic E-state index is 10.8. The number of carboxylic acid groups (broad SMARTS) is 1. The van der Waals surface area contributed by atoms with Crippen LogP contribution in [0.25, 0.3) is 0 Å². The molecule has 0 bridgehead atoms. The summed E-state index contributed by atoms with van der Waals surface area (Å²) in [7, 11) is 0. The average molecular weight is 242 g/mol. The molecule has 5 nitrogen and oxygen atoms in total. The average Bonchev–Trinajstić information content (AvgIpc) is 2.63. The highest BCUT2D eigenvalue weighted by molar-refractivity contribution is 5.88. The van der Waals surface area contributed by atoms with Crippen LogP contribution in [0.3, 0.4) is 0 Å². The molecule has 0 fully saturated rings. The topological polar surface area (TPSA) is 68.9 Å². The first-order chi connectivity index (χ1) is 7.90. The first-order valence-corrected chi connectivity index (χ1v) is 5.41. The second-order valence-electron chi connectivity index (χ2n) is 4.58. The van der Waals surface area contributed by atoms with Crippen molar-refractivity contribution in [2.75, 3.05) is 13.2 Å². The molecule has 1 aromatic heterocycles. The van der Waals surface area contributed by atoms with Gasteiger partial charge in [0.15, 0.2) is 0 Å². The minimum atomic E-state index is -1.01. The van der Waals surface area contributed by atoms with Crippen molar-refractivity contribution >= 4 is 5.97 Å². The van der Waals surface area contributed by atoms with Gasteiger partial charge in [-0.05, 0) is 26.8 Å². The summed E-state index contributed by atoms with van der Waals surface area (Å²) in [5.74, 6) is -0.684. The second kappa shape index (κ2) is 5.84. The maximum absolute atomic E-state index is 10.8. The van der Waals surface area contributed by atoms with Crippen LogP contribution in [0.1, 0.15) is 36.9 Å². The van der Waals surface area contributed by atoms with E-state index in [1.165, 1.54) is 12.3 Å². The Kier molecular flexibility index (Phi) is 4.72. The molecule has 0 aliphatic rings. The molecule has 1 rings (SSSR count). The number of furan rings is 1. The van der Waals surface area contributed by atoms with E-state index in [0.29, 0.717) is 19.0 Å². The summed E-state index contributed by atoms with van der Waals surface area (Å²) in [6, 6.07) is 1.41. The molecular formula is C12H18O5. The van der Waals surface area contributed by atoms with E-state index >= 15 is 0 Å². The minimum Gasteiger partial charge on any atom is -0.478 e. The molecule has 96 valence electrons. The van der Waals surface area contributed by atoms with E-state index in [1.54, 1.807) is 0 Å². The van der Waals surface area contributed by atoms with Crippen molar-refractivity contribution in [2.24, 2.45) is 0 Å². The van der Waals surface area contributed by atoms with E-state index in [-0.39, 0.29) is 17.8 Å². The predicted octanol–water partition coefficient (Wildman–Crippen LogP) is 2.31. The highest BCUT2D eigenvalue weighted by Crippen LogP contribution is 2.12. The van der Waals surface area contributed by atoms with Crippen molar-refractivity contribution in [1.29, 1.82) is 0 Å². The van der Waals surface area contributed by atoms with Gasteiger partial charge < -0.3 is 19.0 Å². The molecule has 0 aromatic carbocycles. The number of aromatic carboxylic acids is 1. The van der Waals surface area contributed by atoms with Gasteiger partial charge in [0.05, 0.1) is 25.1 Å². The zero-order valence-electron chi connectivity index (χ0n) is 10.4. The normalized spacial score (nSPS) is 11.7. The number of rotatable bonds is 6. The molecule has 0 atom stereocenters. The summed E-state index contributed by atoms with van der Waals surface area (Å²) in [6.07, 6.45) is 1.34. The highest BCUT2D eigenvalue weighted by atomic mass is 16.5. The summed E-state index contributed by atoms with van der Waals surface area (Å²) < 4.78 is 15.8. The van der Waals surface area contributed by atoms with Gasteiger partial charge in [0.2, 0.25) is 0 Å². The molecule has 1 heterocycles. The third-order valence-corrected chi connectivity index (χ3v) is 1.97. The van der Waals surface area contributed by atoms with Gasteiger partial charge in [-0.1, -0.05) is 0 Å². The van der Waals surface area contributed by atoms with Crippen LogP contribution in [-0.2, 0) is 16.1 Å². The van der Waals surface area contributed by atoms with Crippen LogP contribution >= 0.6 is 0 Å². The van der Waals surface area contributed by atoms with Crippen LogP contribution in [0.5, 0.6) is 0 Å². The fraction of sp³-hybridized carbons (Fsp3) is 0.583. The minimum absolute atomic E-state index is 0.140. The molecule has 1 N–H and O–H groups in total. The Bertz CT molecular complexity index is 361. The predicted molar refractivity (Wildman–Crippen MR) is 61.0 cm³/mol. The number of ether oxygens (including phenoxy) is 2. The molecule has 17 heavy (non-hydrogen) atoms. The van der Waals surface area contributed by atoms with Gasteiger partial charge in [0.1, 0.15) is 17.9 Å². The summed E-state index contributed by atoms with van der Waals surface area (Å²) in [4.78, 5) is 10.8. The molecule has 0 amide bonds. The van der Waals surface area contributed by atoms with Gasteiger partial charge in [0, 0.05) is 0 Å². The van der Waals surface area contributed by atoms with E-state index in [0.717, 1.165) is 0 Å². The van der Waals surface area contributed by atoms with Crippen LogP contribution in [-0.4, -0.2) is 29.9 Å². The van der Waals surface area contributed by atoms with Crippen LogP contribution < -0.4 is 0 Å². The number of carbonyl (C=O) groups is 1. The molecule has 0 aliphatic heterocycles. The van der Waals surface area contributed by atoms with Crippen molar-refractivity contribution in [3.05, 3.63) is 23.7 Å². The molecule has 0 saturated heterocycles. The summed E-state index contributed by atoms with van der Waals surface area (Å²) >= 11 is 0. The Balaban J connectivity index is 2.27. The molecule has 0 unspecified atom stereocenters. The molecule has 0 saturated carbocycles. The fourth-order valence-electron chi connectivity index (χ4n) is 1.21. The van der Waals surface area contributed by atoms with Crippen molar-refractivity contribution < 1.29 is 23.8 Å². The highest BCUT2D eigenvalue weighted by Gasteiger charge is 2.13. The monoisotopic (exact) mass is 242 g/mol. The van der Waals surface area contributed by atoms with Crippen molar-refractivity contribution in [1.82, 2.24) is 0 Å². The Morgan fingerprint density at radius 2 is 2.12 bits per heavy atom. The maximum Gasteiger partial charge on any atom is 0.339 e.